The van der Waals surface area contributed by atoms with Gasteiger partial charge in [-0.15, -0.1) is 0 Å². The average molecular weight is 257 g/mol. The number of aromatic nitrogens is 2. The highest BCUT2D eigenvalue weighted by molar-refractivity contribution is 7.99. The fourth-order valence-electron chi connectivity index (χ4n) is 1.71. The lowest BCUT2D eigenvalue weighted by Gasteiger charge is -2.08. The summed E-state index contributed by atoms with van der Waals surface area (Å²) in [6, 6.07) is 8.89. The second-order valence-electron chi connectivity index (χ2n) is 4.41. The molecule has 0 aromatic carbocycles. The van der Waals surface area contributed by atoms with Crippen LogP contribution >= 0.6 is 11.8 Å². The first kappa shape index (κ1) is 11.7. The minimum absolute atomic E-state index is 0.726. The van der Waals surface area contributed by atoms with Gasteiger partial charge in [0.05, 0.1) is 0 Å². The Balaban J connectivity index is 1.73. The highest BCUT2D eigenvalue weighted by atomic mass is 32.2. The van der Waals surface area contributed by atoms with Gasteiger partial charge in [-0.2, -0.15) is 0 Å². The van der Waals surface area contributed by atoms with Gasteiger partial charge in [0.2, 0.25) is 0 Å². The van der Waals surface area contributed by atoms with Crippen LogP contribution in [0.4, 0.5) is 0 Å². The van der Waals surface area contributed by atoms with Crippen LogP contribution in [0.3, 0.4) is 0 Å². The molecule has 2 heterocycles. The van der Waals surface area contributed by atoms with E-state index in [2.05, 4.69) is 21.4 Å². The van der Waals surface area contributed by atoms with Crippen molar-refractivity contribution in [2.45, 2.75) is 35.3 Å². The fourth-order valence-corrected chi connectivity index (χ4v) is 2.58. The molecule has 1 fully saturated rings. The highest BCUT2D eigenvalue weighted by Gasteiger charge is 2.20. The van der Waals surface area contributed by atoms with Crippen LogP contribution in [-0.4, -0.2) is 16.0 Å². The van der Waals surface area contributed by atoms with Gasteiger partial charge >= 0.3 is 0 Å². The molecule has 2 aromatic rings. The Hall–Kier alpha value is -1.39. The lowest BCUT2D eigenvalue weighted by atomic mass is 10.3. The lowest BCUT2D eigenvalue weighted by molar-refractivity contribution is 0.675. The van der Waals surface area contributed by atoms with E-state index in [0.717, 1.165) is 17.6 Å². The summed E-state index contributed by atoms with van der Waals surface area (Å²) in [5, 5.41) is 4.61. The molecule has 0 saturated heterocycles. The molecular weight excluding hydrogens is 242 g/mol. The summed E-state index contributed by atoms with van der Waals surface area (Å²) in [4.78, 5) is 9.68. The van der Waals surface area contributed by atoms with Crippen molar-refractivity contribution in [3.8, 4) is 0 Å². The van der Waals surface area contributed by atoms with Crippen LogP contribution in [0.2, 0.25) is 0 Å². The number of rotatable bonds is 5. The summed E-state index contributed by atoms with van der Waals surface area (Å²) < 4.78 is 0. The van der Waals surface area contributed by atoms with Gasteiger partial charge in [-0.3, -0.25) is 4.98 Å². The van der Waals surface area contributed by atoms with Crippen LogP contribution < -0.4 is 5.32 Å². The first-order chi connectivity index (χ1) is 8.92. The second kappa shape index (κ2) is 5.50. The van der Waals surface area contributed by atoms with E-state index < -0.39 is 0 Å². The largest absolute Gasteiger partial charge is 0.310 e. The van der Waals surface area contributed by atoms with Crippen molar-refractivity contribution in [1.82, 2.24) is 15.3 Å². The first-order valence-electron chi connectivity index (χ1n) is 6.17. The van der Waals surface area contributed by atoms with E-state index in [9.17, 15) is 0 Å². The zero-order valence-corrected chi connectivity index (χ0v) is 10.9. The summed E-state index contributed by atoms with van der Waals surface area (Å²) in [5.41, 5.74) is 1.27. The van der Waals surface area contributed by atoms with Crippen molar-refractivity contribution in [2.75, 3.05) is 0 Å². The summed E-state index contributed by atoms with van der Waals surface area (Å²) in [5.74, 6) is 0. The van der Waals surface area contributed by atoms with E-state index >= 15 is 0 Å². The monoisotopic (exact) mass is 257 g/mol. The number of nitrogens with one attached hydrogen (secondary N) is 1. The molecule has 2 aromatic heterocycles. The Labute approximate surface area is 111 Å². The van der Waals surface area contributed by atoms with Gasteiger partial charge in [-0.25, -0.2) is 4.98 Å². The molecule has 0 radical (unpaired) electrons. The molecule has 0 bridgehead atoms. The Morgan fingerprint density at radius 1 is 1.17 bits per heavy atom. The van der Waals surface area contributed by atoms with Crippen molar-refractivity contribution in [3.63, 3.8) is 0 Å². The van der Waals surface area contributed by atoms with Gasteiger partial charge in [0, 0.05) is 36.1 Å². The molecule has 3 rings (SSSR count). The Morgan fingerprint density at radius 2 is 2.00 bits per heavy atom. The number of hydrogen-bond donors (Lipinski definition) is 1. The predicted octanol–water partition coefficient (Wildman–Crippen LogP) is 2.88. The van der Waals surface area contributed by atoms with Crippen LogP contribution in [0.25, 0.3) is 0 Å². The highest BCUT2D eigenvalue weighted by Crippen LogP contribution is 2.28. The fraction of sp³-hybridized carbons (Fsp3) is 0.286. The van der Waals surface area contributed by atoms with Gasteiger partial charge in [-0.05, 0) is 36.6 Å². The number of hydrogen-bond acceptors (Lipinski definition) is 4. The maximum Gasteiger partial charge on any atom is 0.105 e. The normalized spacial score (nSPS) is 14.7. The maximum atomic E-state index is 4.47. The number of pyridine rings is 2. The Bertz CT molecular complexity index is 511. The molecule has 1 aliphatic rings. The molecule has 1 saturated carbocycles. The summed E-state index contributed by atoms with van der Waals surface area (Å²) >= 11 is 1.70. The Kier molecular flexibility index (Phi) is 3.57. The van der Waals surface area contributed by atoms with E-state index in [1.165, 1.54) is 23.3 Å². The zero-order chi connectivity index (χ0) is 12.2. The van der Waals surface area contributed by atoms with Gasteiger partial charge in [-0.1, -0.05) is 17.8 Å². The minimum Gasteiger partial charge on any atom is -0.310 e. The molecular formula is C14H15N3S. The Morgan fingerprint density at radius 3 is 2.78 bits per heavy atom. The molecule has 3 nitrogen and oxygen atoms in total. The third kappa shape index (κ3) is 3.09. The molecule has 4 heteroatoms. The first-order valence-corrected chi connectivity index (χ1v) is 6.98. The summed E-state index contributed by atoms with van der Waals surface area (Å²) in [6.45, 7) is 0.909. The van der Waals surface area contributed by atoms with Crippen LogP contribution in [0, 0.1) is 0 Å². The molecule has 18 heavy (non-hydrogen) atoms. The summed E-state index contributed by atoms with van der Waals surface area (Å²) in [7, 11) is 0. The molecule has 0 atom stereocenters. The van der Waals surface area contributed by atoms with Crippen molar-refractivity contribution in [2.24, 2.45) is 0 Å². The van der Waals surface area contributed by atoms with E-state index in [4.69, 9.17) is 0 Å². The molecule has 0 aliphatic heterocycles. The molecule has 0 spiro atoms. The minimum atomic E-state index is 0.726. The molecule has 1 aliphatic carbocycles. The van der Waals surface area contributed by atoms with E-state index in [1.807, 2.05) is 36.8 Å². The van der Waals surface area contributed by atoms with E-state index in [1.54, 1.807) is 11.8 Å². The van der Waals surface area contributed by atoms with Gasteiger partial charge < -0.3 is 5.32 Å². The third-order valence-electron chi connectivity index (χ3n) is 2.87. The topological polar surface area (TPSA) is 37.8 Å². The van der Waals surface area contributed by atoms with Crippen molar-refractivity contribution >= 4 is 11.8 Å². The van der Waals surface area contributed by atoms with Gasteiger partial charge in [0.15, 0.2) is 0 Å². The van der Waals surface area contributed by atoms with Crippen molar-refractivity contribution < 1.29 is 0 Å². The van der Waals surface area contributed by atoms with Gasteiger partial charge in [0.25, 0.3) is 0 Å². The zero-order valence-electron chi connectivity index (χ0n) is 10.0. The lowest BCUT2D eigenvalue weighted by Crippen LogP contribution is -2.16. The average Bonchev–Trinajstić information content (AvgIpc) is 3.23. The van der Waals surface area contributed by atoms with Crippen LogP contribution in [0.5, 0.6) is 0 Å². The van der Waals surface area contributed by atoms with Crippen molar-refractivity contribution in [3.05, 3.63) is 48.4 Å². The predicted molar refractivity (Wildman–Crippen MR) is 72.5 cm³/mol. The standard InChI is InChI=1S/C14H15N3S/c1-2-11(10-17-12-3-4-12)14(16-7-1)18-13-5-8-15-9-6-13/h1-2,5-9,12,17H,3-4,10H2. The van der Waals surface area contributed by atoms with Gasteiger partial charge in [0.1, 0.15) is 5.03 Å². The second-order valence-corrected chi connectivity index (χ2v) is 5.47. The van der Waals surface area contributed by atoms with E-state index in [-0.39, 0.29) is 0 Å². The summed E-state index contributed by atoms with van der Waals surface area (Å²) in [6.07, 6.45) is 8.10. The molecule has 0 unspecified atom stereocenters. The maximum absolute atomic E-state index is 4.47. The van der Waals surface area contributed by atoms with Crippen molar-refractivity contribution in [1.29, 1.82) is 0 Å². The molecule has 1 N–H and O–H groups in total. The van der Waals surface area contributed by atoms with Crippen LogP contribution in [0.15, 0.2) is 52.8 Å². The quantitative estimate of drug-likeness (QED) is 0.893. The third-order valence-corrected chi connectivity index (χ3v) is 3.94. The molecule has 92 valence electrons. The van der Waals surface area contributed by atoms with Crippen LogP contribution in [-0.2, 0) is 6.54 Å². The van der Waals surface area contributed by atoms with Crippen LogP contribution in [0.1, 0.15) is 18.4 Å². The van der Waals surface area contributed by atoms with E-state index in [0.29, 0.717) is 0 Å². The smallest absolute Gasteiger partial charge is 0.105 e. The SMILES string of the molecule is c1cnc(Sc2ccncc2)c(CNC2CC2)c1. The number of nitrogens with zero attached hydrogens (tertiary/aromatic N) is 2. The molecule has 0 amide bonds.